The molecular formula is C18H27N5O4. The van der Waals surface area contributed by atoms with Gasteiger partial charge in [0.2, 0.25) is 0 Å². The largest absolute Gasteiger partial charge is 0.465 e. The summed E-state index contributed by atoms with van der Waals surface area (Å²) in [5, 5.41) is 0. The summed E-state index contributed by atoms with van der Waals surface area (Å²) >= 11 is 0. The summed E-state index contributed by atoms with van der Waals surface area (Å²) in [5.41, 5.74) is -0.339. The lowest BCUT2D eigenvalue weighted by atomic mass is 10.0. The first kappa shape index (κ1) is 19.3. The second kappa shape index (κ2) is 7.67. The lowest BCUT2D eigenvalue weighted by Gasteiger charge is -2.32. The topological polar surface area (TPSA) is 91.4 Å². The minimum atomic E-state index is -0.456. The number of carbonyl (C=O) groups excluding carboxylic acids is 1. The summed E-state index contributed by atoms with van der Waals surface area (Å²) < 4.78 is 9.07. The normalized spacial score (nSPS) is 18.1. The Hall–Kier alpha value is -2.42. The van der Waals surface area contributed by atoms with E-state index in [9.17, 15) is 14.4 Å². The predicted molar refractivity (Wildman–Crippen MR) is 101 cm³/mol. The molecule has 3 rings (SSSR count). The van der Waals surface area contributed by atoms with Crippen molar-refractivity contribution in [2.75, 3.05) is 13.2 Å². The fourth-order valence-corrected chi connectivity index (χ4v) is 3.69. The van der Waals surface area contributed by atoms with Crippen LogP contribution in [0.25, 0.3) is 11.2 Å². The van der Waals surface area contributed by atoms with E-state index >= 15 is 0 Å². The van der Waals surface area contributed by atoms with Gasteiger partial charge in [-0.25, -0.2) is 9.78 Å². The van der Waals surface area contributed by atoms with Crippen LogP contribution in [0.3, 0.4) is 0 Å². The van der Waals surface area contributed by atoms with E-state index in [1.54, 1.807) is 18.5 Å². The van der Waals surface area contributed by atoms with Gasteiger partial charge in [0.05, 0.1) is 13.2 Å². The lowest BCUT2D eigenvalue weighted by molar-refractivity contribution is -0.143. The molecule has 9 nitrogen and oxygen atoms in total. The van der Waals surface area contributed by atoms with E-state index < -0.39 is 17.2 Å². The van der Waals surface area contributed by atoms with E-state index in [2.05, 4.69) is 16.8 Å². The van der Waals surface area contributed by atoms with E-state index in [1.807, 2.05) is 0 Å². The van der Waals surface area contributed by atoms with Gasteiger partial charge in [-0.05, 0) is 33.2 Å². The summed E-state index contributed by atoms with van der Waals surface area (Å²) in [6.45, 7) is 5.54. The number of rotatable bonds is 5. The van der Waals surface area contributed by atoms with Crippen molar-refractivity contribution >= 4 is 17.1 Å². The molecule has 1 atom stereocenters. The standard InChI is InChI=1S/C18H27N5O4/c1-5-27-14(24)11-23-13(10-22-9-7-6-8-12(22)2)19-16-15(23)17(25)21(4)18(26)20(16)3/h12H,5-11H2,1-4H3/t12-/m0/s1. The Labute approximate surface area is 157 Å². The number of hydrogen-bond donors (Lipinski definition) is 0. The fourth-order valence-electron chi connectivity index (χ4n) is 3.69. The van der Waals surface area contributed by atoms with Crippen LogP contribution in [0.2, 0.25) is 0 Å². The summed E-state index contributed by atoms with van der Waals surface area (Å²) in [7, 11) is 3.01. The Morgan fingerprint density at radius 1 is 1.22 bits per heavy atom. The molecule has 0 saturated carbocycles. The number of ether oxygens (including phenoxy) is 1. The van der Waals surface area contributed by atoms with Gasteiger partial charge in [-0.1, -0.05) is 6.42 Å². The number of esters is 1. The molecule has 0 spiro atoms. The number of imidazole rings is 1. The minimum Gasteiger partial charge on any atom is -0.465 e. The van der Waals surface area contributed by atoms with E-state index in [1.165, 1.54) is 18.0 Å². The van der Waals surface area contributed by atoms with Crippen LogP contribution in [0.15, 0.2) is 9.59 Å². The molecule has 0 N–H and O–H groups in total. The Morgan fingerprint density at radius 3 is 2.63 bits per heavy atom. The number of carbonyl (C=O) groups is 1. The summed E-state index contributed by atoms with van der Waals surface area (Å²) in [4.78, 5) is 44.0. The van der Waals surface area contributed by atoms with Crippen molar-refractivity contribution in [1.29, 1.82) is 0 Å². The summed E-state index contributed by atoms with van der Waals surface area (Å²) in [6.07, 6.45) is 3.42. The Morgan fingerprint density at radius 2 is 1.96 bits per heavy atom. The van der Waals surface area contributed by atoms with E-state index in [4.69, 9.17) is 4.74 Å². The minimum absolute atomic E-state index is 0.102. The molecule has 3 heterocycles. The van der Waals surface area contributed by atoms with Crippen molar-refractivity contribution < 1.29 is 9.53 Å². The number of nitrogens with zero attached hydrogens (tertiary/aromatic N) is 5. The molecular weight excluding hydrogens is 350 g/mol. The molecule has 2 aromatic heterocycles. The van der Waals surface area contributed by atoms with Gasteiger partial charge in [0.25, 0.3) is 5.56 Å². The van der Waals surface area contributed by atoms with Crippen LogP contribution in [0, 0.1) is 0 Å². The molecule has 9 heteroatoms. The number of aryl methyl sites for hydroxylation is 1. The highest BCUT2D eigenvalue weighted by Crippen LogP contribution is 2.20. The van der Waals surface area contributed by atoms with Crippen LogP contribution in [0.4, 0.5) is 0 Å². The monoisotopic (exact) mass is 377 g/mol. The second-order valence-corrected chi connectivity index (χ2v) is 7.11. The third kappa shape index (κ3) is 3.55. The average molecular weight is 377 g/mol. The quantitative estimate of drug-likeness (QED) is 0.699. The van der Waals surface area contributed by atoms with Gasteiger partial charge in [-0.15, -0.1) is 0 Å². The molecule has 0 radical (unpaired) electrons. The van der Waals surface area contributed by atoms with Crippen molar-refractivity contribution in [2.45, 2.75) is 52.2 Å². The molecule has 0 amide bonds. The molecule has 1 fully saturated rings. The van der Waals surface area contributed by atoms with Crippen LogP contribution in [-0.4, -0.2) is 48.7 Å². The van der Waals surface area contributed by atoms with Crippen molar-refractivity contribution in [3.05, 3.63) is 26.7 Å². The van der Waals surface area contributed by atoms with Crippen LogP contribution in [0.1, 0.15) is 38.9 Å². The fraction of sp³-hybridized carbons (Fsp3) is 0.667. The number of likely N-dealkylation sites (tertiary alicyclic amines) is 1. The van der Waals surface area contributed by atoms with Gasteiger partial charge in [0, 0.05) is 20.1 Å². The molecule has 0 aromatic carbocycles. The Bertz CT molecular complexity index is 971. The van der Waals surface area contributed by atoms with Gasteiger partial charge >= 0.3 is 11.7 Å². The number of piperidine rings is 1. The highest BCUT2D eigenvalue weighted by Gasteiger charge is 2.25. The third-order valence-electron chi connectivity index (χ3n) is 5.30. The highest BCUT2D eigenvalue weighted by atomic mass is 16.5. The van der Waals surface area contributed by atoms with E-state index in [0.29, 0.717) is 24.1 Å². The first-order valence-electron chi connectivity index (χ1n) is 9.40. The van der Waals surface area contributed by atoms with E-state index in [-0.39, 0.29) is 18.7 Å². The maximum Gasteiger partial charge on any atom is 0.332 e. The molecule has 27 heavy (non-hydrogen) atoms. The zero-order valence-electron chi connectivity index (χ0n) is 16.4. The summed E-state index contributed by atoms with van der Waals surface area (Å²) in [6, 6.07) is 0.404. The maximum absolute atomic E-state index is 12.8. The maximum atomic E-state index is 12.8. The molecule has 148 valence electrons. The van der Waals surface area contributed by atoms with Crippen LogP contribution in [-0.2, 0) is 36.7 Å². The van der Waals surface area contributed by atoms with Crippen LogP contribution in [0.5, 0.6) is 0 Å². The number of fused-ring (bicyclic) bond motifs is 1. The summed E-state index contributed by atoms with van der Waals surface area (Å²) in [5.74, 6) is 0.172. The molecule has 2 aromatic rings. The Balaban J connectivity index is 2.14. The number of aromatic nitrogens is 4. The molecule has 1 aliphatic heterocycles. The van der Waals surface area contributed by atoms with Gasteiger partial charge in [-0.2, -0.15) is 0 Å². The molecule has 0 unspecified atom stereocenters. The zero-order chi connectivity index (χ0) is 19.7. The van der Waals surface area contributed by atoms with Crippen LogP contribution < -0.4 is 11.2 Å². The molecule has 0 bridgehead atoms. The zero-order valence-corrected chi connectivity index (χ0v) is 16.4. The van der Waals surface area contributed by atoms with Crippen molar-refractivity contribution in [3.8, 4) is 0 Å². The third-order valence-corrected chi connectivity index (χ3v) is 5.30. The van der Waals surface area contributed by atoms with Crippen molar-refractivity contribution in [3.63, 3.8) is 0 Å². The van der Waals surface area contributed by atoms with Gasteiger partial charge in [-0.3, -0.25) is 23.6 Å². The first-order valence-corrected chi connectivity index (χ1v) is 9.40. The lowest BCUT2D eigenvalue weighted by Crippen LogP contribution is -2.38. The van der Waals surface area contributed by atoms with E-state index in [0.717, 1.165) is 24.0 Å². The molecule has 0 aliphatic carbocycles. The van der Waals surface area contributed by atoms with Crippen LogP contribution >= 0.6 is 0 Å². The first-order chi connectivity index (χ1) is 12.8. The van der Waals surface area contributed by atoms with Gasteiger partial charge in [0.1, 0.15) is 12.4 Å². The second-order valence-electron chi connectivity index (χ2n) is 7.11. The van der Waals surface area contributed by atoms with Gasteiger partial charge < -0.3 is 9.30 Å². The Kier molecular flexibility index (Phi) is 5.50. The highest BCUT2D eigenvalue weighted by molar-refractivity contribution is 5.76. The molecule has 1 aliphatic rings. The molecule has 1 saturated heterocycles. The number of hydrogen-bond acceptors (Lipinski definition) is 6. The predicted octanol–water partition coefficient (Wildman–Crippen LogP) is 0.371. The smallest absolute Gasteiger partial charge is 0.332 e. The van der Waals surface area contributed by atoms with Crippen molar-refractivity contribution in [1.82, 2.24) is 23.6 Å². The van der Waals surface area contributed by atoms with Crippen molar-refractivity contribution in [2.24, 2.45) is 14.1 Å². The van der Waals surface area contributed by atoms with Gasteiger partial charge in [0.15, 0.2) is 11.2 Å². The SMILES string of the molecule is CCOC(=O)Cn1c(CN2CCCC[C@@H]2C)nc2c1c(=O)n(C)c(=O)n2C. The average Bonchev–Trinajstić information content (AvgIpc) is 2.98.